The van der Waals surface area contributed by atoms with Gasteiger partial charge in [-0.3, -0.25) is 9.59 Å². The van der Waals surface area contributed by atoms with Gasteiger partial charge < -0.3 is 10.1 Å². The molecular weight excluding hydrogens is 321 g/mol. The molecule has 1 N–H and O–H groups in total. The summed E-state index contributed by atoms with van der Waals surface area (Å²) in [7, 11) is 1.36. The van der Waals surface area contributed by atoms with Crippen LogP contribution in [0.25, 0.3) is 0 Å². The van der Waals surface area contributed by atoms with Crippen LogP contribution in [0.1, 0.15) is 32.1 Å². The first kappa shape index (κ1) is 13.7. The van der Waals surface area contributed by atoms with E-state index in [1.54, 1.807) is 0 Å². The van der Waals surface area contributed by atoms with E-state index in [0.717, 1.165) is 25.7 Å². The second-order valence-corrected chi connectivity index (χ2v) is 5.57. The number of nitrogens with one attached hydrogen (secondary N) is 1. The molecule has 0 aromatic carbocycles. The molecule has 0 saturated heterocycles. The molecular formula is C11H18INO3. The molecule has 1 atom stereocenters. The summed E-state index contributed by atoms with van der Waals surface area (Å²) in [6, 6.07) is 0. The second-order valence-electron chi connectivity index (χ2n) is 4.07. The first-order valence-corrected chi connectivity index (χ1v) is 6.89. The molecule has 0 spiro atoms. The number of hydrogen-bond acceptors (Lipinski definition) is 3. The zero-order valence-electron chi connectivity index (χ0n) is 9.50. The van der Waals surface area contributed by atoms with Crippen molar-refractivity contribution in [2.75, 3.05) is 13.7 Å². The number of esters is 1. The number of methoxy groups -OCH3 is 1. The standard InChI is InChI=1S/C11H18INO3/c1-16-11(15)9(12)7-13-10(14)8-5-3-2-4-6-8/h8-9H,2-7H2,1H3,(H,13,14). The number of carbonyl (C=O) groups excluding carboxylic acids is 2. The van der Waals surface area contributed by atoms with E-state index in [-0.39, 0.29) is 21.7 Å². The summed E-state index contributed by atoms with van der Waals surface area (Å²) in [5.41, 5.74) is 0. The van der Waals surface area contributed by atoms with E-state index >= 15 is 0 Å². The number of hydrogen-bond donors (Lipinski definition) is 1. The van der Waals surface area contributed by atoms with Crippen LogP contribution < -0.4 is 5.32 Å². The Morgan fingerprint density at radius 1 is 1.38 bits per heavy atom. The minimum Gasteiger partial charge on any atom is -0.468 e. The van der Waals surface area contributed by atoms with Crippen LogP contribution >= 0.6 is 22.6 Å². The number of alkyl halides is 1. The first-order chi connectivity index (χ1) is 7.65. The van der Waals surface area contributed by atoms with Crippen LogP contribution in [0, 0.1) is 5.92 Å². The predicted octanol–water partition coefficient (Wildman–Crippen LogP) is 1.66. The average molecular weight is 339 g/mol. The number of ether oxygens (including phenoxy) is 1. The number of halogens is 1. The summed E-state index contributed by atoms with van der Waals surface area (Å²) >= 11 is 1.98. The summed E-state index contributed by atoms with van der Waals surface area (Å²) in [4.78, 5) is 22.9. The monoisotopic (exact) mass is 339 g/mol. The van der Waals surface area contributed by atoms with Gasteiger partial charge in [-0.1, -0.05) is 41.9 Å². The molecule has 16 heavy (non-hydrogen) atoms. The van der Waals surface area contributed by atoms with Crippen LogP contribution in [0.5, 0.6) is 0 Å². The van der Waals surface area contributed by atoms with Crippen molar-refractivity contribution in [3.8, 4) is 0 Å². The summed E-state index contributed by atoms with van der Waals surface area (Å²) in [6.07, 6.45) is 5.48. The minimum absolute atomic E-state index is 0.0882. The molecule has 1 unspecified atom stereocenters. The molecule has 0 aromatic rings. The largest absolute Gasteiger partial charge is 0.468 e. The SMILES string of the molecule is COC(=O)C(I)CNC(=O)C1CCCCC1. The van der Waals surface area contributed by atoms with Crippen molar-refractivity contribution >= 4 is 34.5 Å². The van der Waals surface area contributed by atoms with Gasteiger partial charge in [0, 0.05) is 12.5 Å². The Kier molecular flexibility index (Phi) is 6.08. The van der Waals surface area contributed by atoms with Gasteiger partial charge in [0.15, 0.2) is 0 Å². The van der Waals surface area contributed by atoms with Crippen LogP contribution in [0.4, 0.5) is 0 Å². The van der Waals surface area contributed by atoms with Crippen LogP contribution in [-0.4, -0.2) is 29.5 Å². The van der Waals surface area contributed by atoms with Gasteiger partial charge in [0.2, 0.25) is 5.91 Å². The zero-order valence-corrected chi connectivity index (χ0v) is 11.7. The van der Waals surface area contributed by atoms with Crippen molar-refractivity contribution in [1.82, 2.24) is 5.32 Å². The number of rotatable bonds is 4. The number of carbonyl (C=O) groups is 2. The van der Waals surface area contributed by atoms with Gasteiger partial charge in [-0.2, -0.15) is 0 Å². The fourth-order valence-corrected chi connectivity index (χ4v) is 2.38. The lowest BCUT2D eigenvalue weighted by molar-refractivity contribution is -0.139. The van der Waals surface area contributed by atoms with Gasteiger partial charge in [-0.25, -0.2) is 0 Å². The molecule has 1 rings (SSSR count). The van der Waals surface area contributed by atoms with E-state index in [2.05, 4.69) is 10.1 Å². The molecule has 4 nitrogen and oxygen atoms in total. The van der Waals surface area contributed by atoms with Gasteiger partial charge in [-0.05, 0) is 12.8 Å². The Balaban J connectivity index is 2.26. The van der Waals surface area contributed by atoms with E-state index in [9.17, 15) is 9.59 Å². The van der Waals surface area contributed by atoms with Gasteiger partial charge in [0.1, 0.15) is 3.92 Å². The molecule has 1 aliphatic rings. The van der Waals surface area contributed by atoms with Crippen LogP contribution in [0.15, 0.2) is 0 Å². The highest BCUT2D eigenvalue weighted by Crippen LogP contribution is 2.23. The first-order valence-electron chi connectivity index (χ1n) is 5.64. The van der Waals surface area contributed by atoms with Gasteiger partial charge in [-0.15, -0.1) is 0 Å². The maximum absolute atomic E-state index is 11.7. The molecule has 0 radical (unpaired) electrons. The van der Waals surface area contributed by atoms with Crippen molar-refractivity contribution in [1.29, 1.82) is 0 Å². The summed E-state index contributed by atoms with van der Waals surface area (Å²) < 4.78 is 4.30. The topological polar surface area (TPSA) is 55.4 Å². The van der Waals surface area contributed by atoms with E-state index in [1.807, 2.05) is 22.6 Å². The van der Waals surface area contributed by atoms with E-state index < -0.39 is 0 Å². The molecule has 0 bridgehead atoms. The third-order valence-electron chi connectivity index (χ3n) is 2.89. The van der Waals surface area contributed by atoms with Crippen molar-refractivity contribution in [2.24, 2.45) is 5.92 Å². The maximum Gasteiger partial charge on any atom is 0.320 e. The van der Waals surface area contributed by atoms with Crippen LogP contribution in [-0.2, 0) is 14.3 Å². The Labute approximate surface area is 110 Å². The fraction of sp³-hybridized carbons (Fsp3) is 0.818. The predicted molar refractivity (Wildman–Crippen MR) is 69.4 cm³/mol. The Morgan fingerprint density at radius 2 is 2.00 bits per heavy atom. The fourth-order valence-electron chi connectivity index (χ4n) is 1.91. The molecule has 0 aromatic heterocycles. The molecule has 1 saturated carbocycles. The average Bonchev–Trinajstić information content (AvgIpc) is 2.35. The summed E-state index contributed by atoms with van der Waals surface area (Å²) in [5.74, 6) is -0.0511. The molecule has 5 heteroatoms. The van der Waals surface area contributed by atoms with Crippen molar-refractivity contribution in [2.45, 2.75) is 36.0 Å². The minimum atomic E-state index is -0.296. The van der Waals surface area contributed by atoms with E-state index in [1.165, 1.54) is 13.5 Å². The smallest absolute Gasteiger partial charge is 0.320 e. The van der Waals surface area contributed by atoms with E-state index in [4.69, 9.17) is 0 Å². The van der Waals surface area contributed by atoms with Crippen molar-refractivity contribution in [3.63, 3.8) is 0 Å². The van der Waals surface area contributed by atoms with Crippen molar-refractivity contribution < 1.29 is 14.3 Å². The zero-order chi connectivity index (χ0) is 12.0. The highest BCUT2D eigenvalue weighted by Gasteiger charge is 2.22. The highest BCUT2D eigenvalue weighted by atomic mass is 127. The highest BCUT2D eigenvalue weighted by molar-refractivity contribution is 14.1. The van der Waals surface area contributed by atoms with Crippen LogP contribution in [0.2, 0.25) is 0 Å². The van der Waals surface area contributed by atoms with Gasteiger partial charge in [0.05, 0.1) is 7.11 Å². The molecule has 0 heterocycles. The summed E-state index contributed by atoms with van der Waals surface area (Å²) in [6.45, 7) is 0.364. The Hall–Kier alpha value is -0.330. The summed E-state index contributed by atoms with van der Waals surface area (Å²) in [5, 5.41) is 2.82. The molecule has 1 fully saturated rings. The van der Waals surface area contributed by atoms with Crippen molar-refractivity contribution in [3.05, 3.63) is 0 Å². The normalized spacial score (nSPS) is 18.9. The molecule has 0 aliphatic heterocycles. The van der Waals surface area contributed by atoms with Gasteiger partial charge >= 0.3 is 5.97 Å². The quantitative estimate of drug-likeness (QED) is 0.482. The lowest BCUT2D eigenvalue weighted by atomic mass is 9.89. The third kappa shape index (κ3) is 4.27. The maximum atomic E-state index is 11.7. The van der Waals surface area contributed by atoms with E-state index in [0.29, 0.717) is 6.54 Å². The number of amides is 1. The third-order valence-corrected chi connectivity index (χ3v) is 3.84. The Morgan fingerprint density at radius 3 is 2.56 bits per heavy atom. The molecule has 1 amide bonds. The molecule has 92 valence electrons. The van der Waals surface area contributed by atoms with Crippen LogP contribution in [0.3, 0.4) is 0 Å². The lowest BCUT2D eigenvalue weighted by Crippen LogP contribution is -2.38. The lowest BCUT2D eigenvalue weighted by Gasteiger charge is -2.21. The molecule has 1 aliphatic carbocycles. The van der Waals surface area contributed by atoms with Gasteiger partial charge in [0.25, 0.3) is 0 Å². The second kappa shape index (κ2) is 7.09. The Bertz CT molecular complexity index is 252.